The van der Waals surface area contributed by atoms with Crippen molar-refractivity contribution in [1.82, 2.24) is 15.1 Å². The molecule has 0 radical (unpaired) electrons. The van der Waals surface area contributed by atoms with E-state index in [4.69, 9.17) is 4.74 Å². The van der Waals surface area contributed by atoms with Gasteiger partial charge in [0.05, 0.1) is 7.11 Å². The molecule has 3 rings (SSSR count). The number of piperazine rings is 1. The van der Waals surface area contributed by atoms with Crippen LogP contribution in [0.4, 0.5) is 0 Å². The van der Waals surface area contributed by atoms with Gasteiger partial charge in [-0.25, -0.2) is 0 Å². The van der Waals surface area contributed by atoms with E-state index in [2.05, 4.69) is 5.32 Å². The maximum atomic E-state index is 12.9. The van der Waals surface area contributed by atoms with Gasteiger partial charge in [0.1, 0.15) is 11.2 Å². The van der Waals surface area contributed by atoms with Crippen LogP contribution >= 0.6 is 0 Å². The zero-order valence-corrected chi connectivity index (χ0v) is 16.0. The van der Waals surface area contributed by atoms with Gasteiger partial charge in [0.25, 0.3) is 0 Å². The number of carbonyl (C=O) groups is 3. The number of methoxy groups -OCH3 is 1. The molecule has 0 unspecified atom stereocenters. The molecule has 2 aliphatic rings. The first kappa shape index (κ1) is 19.2. The summed E-state index contributed by atoms with van der Waals surface area (Å²) in [6.45, 7) is 4.06. The van der Waals surface area contributed by atoms with Gasteiger partial charge in [-0.3, -0.25) is 14.4 Å². The van der Waals surface area contributed by atoms with Crippen molar-refractivity contribution in [1.29, 1.82) is 0 Å². The first-order chi connectivity index (χ1) is 13.0. The van der Waals surface area contributed by atoms with Crippen LogP contribution in [0.2, 0.25) is 0 Å². The summed E-state index contributed by atoms with van der Waals surface area (Å²) in [5, 5.41) is 2.93. The second kappa shape index (κ2) is 7.98. The minimum Gasteiger partial charge on any atom is -0.496 e. The van der Waals surface area contributed by atoms with Gasteiger partial charge in [0, 0.05) is 39.6 Å². The van der Waals surface area contributed by atoms with E-state index in [9.17, 15) is 14.4 Å². The Morgan fingerprint density at radius 1 is 1.07 bits per heavy atom. The Morgan fingerprint density at radius 3 is 2.30 bits per heavy atom. The number of amides is 3. The lowest BCUT2D eigenvalue weighted by Crippen LogP contribution is -2.54. The number of nitrogens with zero attached hydrogens (tertiary/aromatic N) is 2. The van der Waals surface area contributed by atoms with E-state index in [-0.39, 0.29) is 17.7 Å². The average molecular weight is 373 g/mol. The summed E-state index contributed by atoms with van der Waals surface area (Å²) in [4.78, 5) is 40.4. The molecule has 1 aromatic carbocycles. The van der Waals surface area contributed by atoms with Crippen molar-refractivity contribution >= 4 is 17.7 Å². The van der Waals surface area contributed by atoms with Crippen molar-refractivity contribution in [3.8, 4) is 5.75 Å². The molecule has 7 heteroatoms. The van der Waals surface area contributed by atoms with Gasteiger partial charge in [-0.2, -0.15) is 0 Å². The van der Waals surface area contributed by atoms with Gasteiger partial charge in [0.15, 0.2) is 0 Å². The largest absolute Gasteiger partial charge is 0.496 e. The SMILES string of the molecule is COc1ccccc1CCNC(=O)C1(C(=O)N2CCN(C(C)=O)CC2)CC1. The normalized spacial score (nSPS) is 18.0. The van der Waals surface area contributed by atoms with Crippen molar-refractivity contribution in [2.45, 2.75) is 26.2 Å². The quantitative estimate of drug-likeness (QED) is 0.749. The average Bonchev–Trinajstić information content (AvgIpc) is 3.50. The third-order valence-corrected chi connectivity index (χ3v) is 5.48. The van der Waals surface area contributed by atoms with Gasteiger partial charge < -0.3 is 19.9 Å². The van der Waals surface area contributed by atoms with Gasteiger partial charge in [-0.15, -0.1) is 0 Å². The molecule has 146 valence electrons. The van der Waals surface area contributed by atoms with E-state index in [0.717, 1.165) is 11.3 Å². The Bertz CT molecular complexity index is 722. The molecule has 1 aliphatic heterocycles. The van der Waals surface area contributed by atoms with E-state index in [0.29, 0.717) is 52.0 Å². The molecule has 1 saturated heterocycles. The molecular formula is C20H27N3O4. The van der Waals surface area contributed by atoms with E-state index in [1.165, 1.54) is 6.92 Å². The van der Waals surface area contributed by atoms with E-state index in [1.54, 1.807) is 16.9 Å². The second-order valence-corrected chi connectivity index (χ2v) is 7.20. The number of benzene rings is 1. The number of nitrogens with one attached hydrogen (secondary N) is 1. The lowest BCUT2D eigenvalue weighted by molar-refractivity contribution is -0.147. The number of para-hydroxylation sites is 1. The predicted molar refractivity (Wildman–Crippen MR) is 100 cm³/mol. The molecule has 1 saturated carbocycles. The lowest BCUT2D eigenvalue weighted by atomic mass is 10.0. The highest BCUT2D eigenvalue weighted by molar-refractivity contribution is 6.07. The van der Waals surface area contributed by atoms with Crippen LogP contribution in [-0.2, 0) is 20.8 Å². The van der Waals surface area contributed by atoms with Gasteiger partial charge >= 0.3 is 0 Å². The highest BCUT2D eigenvalue weighted by atomic mass is 16.5. The molecule has 1 N–H and O–H groups in total. The lowest BCUT2D eigenvalue weighted by Gasteiger charge is -2.35. The Hall–Kier alpha value is -2.57. The van der Waals surface area contributed by atoms with Crippen molar-refractivity contribution in [2.75, 3.05) is 39.8 Å². The number of carbonyl (C=O) groups excluding carboxylic acids is 3. The fourth-order valence-electron chi connectivity index (χ4n) is 3.58. The van der Waals surface area contributed by atoms with Gasteiger partial charge in [0.2, 0.25) is 17.7 Å². The van der Waals surface area contributed by atoms with Crippen LogP contribution < -0.4 is 10.1 Å². The number of rotatable bonds is 6. The second-order valence-electron chi connectivity index (χ2n) is 7.20. The Kier molecular flexibility index (Phi) is 5.68. The number of hydrogen-bond donors (Lipinski definition) is 1. The van der Waals surface area contributed by atoms with Crippen molar-refractivity contribution in [2.24, 2.45) is 5.41 Å². The van der Waals surface area contributed by atoms with Crippen LogP contribution in [0.15, 0.2) is 24.3 Å². The van der Waals surface area contributed by atoms with Crippen LogP contribution in [0.1, 0.15) is 25.3 Å². The summed E-state index contributed by atoms with van der Waals surface area (Å²) in [6.07, 6.45) is 1.84. The first-order valence-electron chi connectivity index (χ1n) is 9.43. The minimum absolute atomic E-state index is 0.0253. The minimum atomic E-state index is -0.904. The van der Waals surface area contributed by atoms with Gasteiger partial charge in [-0.05, 0) is 30.9 Å². The Balaban J connectivity index is 1.52. The monoisotopic (exact) mass is 373 g/mol. The van der Waals surface area contributed by atoms with Crippen molar-refractivity contribution in [3.05, 3.63) is 29.8 Å². The van der Waals surface area contributed by atoms with Crippen LogP contribution in [0, 0.1) is 5.41 Å². The van der Waals surface area contributed by atoms with E-state index >= 15 is 0 Å². The van der Waals surface area contributed by atoms with E-state index in [1.807, 2.05) is 24.3 Å². The van der Waals surface area contributed by atoms with Crippen LogP contribution in [0.5, 0.6) is 5.75 Å². The topological polar surface area (TPSA) is 79.0 Å². The van der Waals surface area contributed by atoms with E-state index < -0.39 is 5.41 Å². The fraction of sp³-hybridized carbons (Fsp3) is 0.550. The maximum Gasteiger partial charge on any atom is 0.238 e. The molecular weight excluding hydrogens is 346 g/mol. The van der Waals surface area contributed by atoms with Crippen LogP contribution in [-0.4, -0.2) is 67.4 Å². The molecule has 1 aromatic rings. The van der Waals surface area contributed by atoms with Gasteiger partial charge in [-0.1, -0.05) is 18.2 Å². The summed E-state index contributed by atoms with van der Waals surface area (Å²) in [7, 11) is 1.63. The summed E-state index contributed by atoms with van der Waals surface area (Å²) >= 11 is 0. The fourth-order valence-corrected chi connectivity index (χ4v) is 3.58. The molecule has 2 fully saturated rings. The molecule has 0 spiro atoms. The van der Waals surface area contributed by atoms with Crippen LogP contribution in [0.3, 0.4) is 0 Å². The maximum absolute atomic E-state index is 12.9. The molecule has 27 heavy (non-hydrogen) atoms. The third kappa shape index (κ3) is 4.07. The first-order valence-corrected chi connectivity index (χ1v) is 9.43. The molecule has 7 nitrogen and oxygen atoms in total. The summed E-state index contributed by atoms with van der Waals surface area (Å²) < 4.78 is 5.32. The predicted octanol–water partition coefficient (Wildman–Crippen LogP) is 0.825. The molecule has 3 amide bonds. The van der Waals surface area contributed by atoms with Crippen molar-refractivity contribution < 1.29 is 19.1 Å². The van der Waals surface area contributed by atoms with Crippen molar-refractivity contribution in [3.63, 3.8) is 0 Å². The number of ether oxygens (including phenoxy) is 1. The standard InChI is InChI=1S/C20H27N3O4/c1-15(24)22-11-13-23(14-12-22)19(26)20(8-9-20)18(25)21-10-7-16-5-3-4-6-17(16)27-2/h3-6H,7-14H2,1-2H3,(H,21,25). The highest BCUT2D eigenvalue weighted by Gasteiger charge is 2.58. The summed E-state index contributed by atoms with van der Waals surface area (Å²) in [5.74, 6) is 0.543. The smallest absolute Gasteiger partial charge is 0.238 e. The Morgan fingerprint density at radius 2 is 1.70 bits per heavy atom. The number of hydrogen-bond acceptors (Lipinski definition) is 4. The molecule has 1 aliphatic carbocycles. The molecule has 1 heterocycles. The highest BCUT2D eigenvalue weighted by Crippen LogP contribution is 2.47. The third-order valence-electron chi connectivity index (χ3n) is 5.48. The molecule has 0 aromatic heterocycles. The zero-order valence-electron chi connectivity index (χ0n) is 16.0. The zero-order chi connectivity index (χ0) is 19.4. The Labute approximate surface area is 159 Å². The van der Waals surface area contributed by atoms with Crippen LogP contribution in [0.25, 0.3) is 0 Å². The molecule has 0 atom stereocenters. The molecule has 0 bridgehead atoms. The summed E-state index contributed by atoms with van der Waals surface area (Å²) in [6, 6.07) is 7.71. The summed E-state index contributed by atoms with van der Waals surface area (Å²) in [5.41, 5.74) is 0.121.